The van der Waals surface area contributed by atoms with Crippen LogP contribution in [0.4, 0.5) is 0 Å². The molecular formula is C21H27N2O3+. The second kappa shape index (κ2) is 5.49. The van der Waals surface area contributed by atoms with E-state index in [-0.39, 0.29) is 17.8 Å². The van der Waals surface area contributed by atoms with Gasteiger partial charge in [-0.2, -0.15) is 0 Å². The van der Waals surface area contributed by atoms with Gasteiger partial charge in [-0.3, -0.25) is 4.79 Å². The molecule has 4 aliphatic rings. The predicted octanol–water partition coefficient (Wildman–Crippen LogP) is 1.54. The number of aromatic nitrogens is 1. The Labute approximate surface area is 153 Å². The summed E-state index contributed by atoms with van der Waals surface area (Å²) in [7, 11) is 1.53. The highest BCUT2D eigenvalue weighted by molar-refractivity contribution is 5.92. The van der Waals surface area contributed by atoms with Crippen molar-refractivity contribution in [3.8, 4) is 5.75 Å². The average molecular weight is 355 g/mol. The molecule has 1 saturated carbocycles. The monoisotopic (exact) mass is 355 g/mol. The minimum Gasteiger partial charge on any atom is -0.508 e. The first-order valence-corrected chi connectivity index (χ1v) is 9.85. The average Bonchev–Trinajstić information content (AvgIpc) is 2.98. The first kappa shape index (κ1) is 16.2. The summed E-state index contributed by atoms with van der Waals surface area (Å²) in [4.78, 5) is 18.5. The Bertz CT molecular complexity index is 889. The van der Waals surface area contributed by atoms with Gasteiger partial charge in [-0.1, -0.05) is 6.92 Å². The highest BCUT2D eigenvalue weighted by atomic mass is 16.5. The standard InChI is InChI=1S/C21H26N2O3/c1-3-13-8-12-10-21(20(25)26-2)18-15(6-7-23(11-12)19(13)21)16-9-14(24)4-5-17(16)22-18/h4-5,9,12-13,19,22,24H,3,6-8,10-11H2,1-2H3/p+1/t12-,13+,19+,21-/m1/s1. The molecule has 3 fully saturated rings. The van der Waals surface area contributed by atoms with Gasteiger partial charge >= 0.3 is 5.97 Å². The van der Waals surface area contributed by atoms with Crippen molar-refractivity contribution in [1.82, 2.24) is 4.98 Å². The summed E-state index contributed by atoms with van der Waals surface area (Å²) in [5.74, 6) is 1.33. The van der Waals surface area contributed by atoms with Gasteiger partial charge in [-0.15, -0.1) is 0 Å². The van der Waals surface area contributed by atoms with E-state index in [4.69, 9.17) is 4.74 Å². The molecule has 1 aliphatic carbocycles. The second-order valence-electron chi connectivity index (χ2n) is 8.49. The Morgan fingerprint density at radius 3 is 3.08 bits per heavy atom. The van der Waals surface area contributed by atoms with Gasteiger partial charge in [0.1, 0.15) is 11.8 Å². The summed E-state index contributed by atoms with van der Waals surface area (Å²) in [5.41, 5.74) is 2.70. The third-order valence-corrected chi connectivity index (χ3v) is 7.35. The number of piperidine rings is 2. The molecule has 0 radical (unpaired) electrons. The largest absolute Gasteiger partial charge is 0.508 e. The molecule has 2 aromatic rings. The molecule has 5 nitrogen and oxygen atoms in total. The third kappa shape index (κ3) is 1.92. The van der Waals surface area contributed by atoms with E-state index in [1.54, 1.807) is 11.0 Å². The number of hydrogen-bond donors (Lipinski definition) is 3. The number of fused-ring (bicyclic) bond motifs is 4. The van der Waals surface area contributed by atoms with Gasteiger partial charge in [0, 0.05) is 34.9 Å². The van der Waals surface area contributed by atoms with E-state index in [0.717, 1.165) is 42.4 Å². The van der Waals surface area contributed by atoms with Crippen LogP contribution in [-0.2, 0) is 21.4 Å². The number of H-pyrrole nitrogens is 1. The molecule has 3 N–H and O–H groups in total. The van der Waals surface area contributed by atoms with Gasteiger partial charge in [-0.05, 0) is 43.0 Å². The number of carbonyl (C=O) groups is 1. The number of esters is 1. The fourth-order valence-corrected chi connectivity index (χ4v) is 6.54. The number of aromatic amines is 1. The van der Waals surface area contributed by atoms with Crippen LogP contribution in [0.3, 0.4) is 0 Å². The summed E-state index contributed by atoms with van der Waals surface area (Å²) in [6.07, 6.45) is 4.17. The molecule has 26 heavy (non-hydrogen) atoms. The number of methoxy groups -OCH3 is 1. The van der Waals surface area contributed by atoms with Gasteiger partial charge in [-0.25, -0.2) is 0 Å². The molecule has 138 valence electrons. The number of rotatable bonds is 2. The van der Waals surface area contributed by atoms with Crippen LogP contribution in [0.25, 0.3) is 10.9 Å². The topological polar surface area (TPSA) is 66.8 Å². The van der Waals surface area contributed by atoms with Crippen LogP contribution in [0.2, 0.25) is 0 Å². The van der Waals surface area contributed by atoms with E-state index >= 15 is 0 Å². The Morgan fingerprint density at radius 1 is 1.46 bits per heavy atom. The number of nitrogens with one attached hydrogen (secondary N) is 2. The normalized spacial score (nSPS) is 35.2. The van der Waals surface area contributed by atoms with Crippen LogP contribution in [0, 0.1) is 11.8 Å². The predicted molar refractivity (Wildman–Crippen MR) is 98.4 cm³/mol. The van der Waals surface area contributed by atoms with Crippen molar-refractivity contribution < 1.29 is 19.5 Å². The van der Waals surface area contributed by atoms with E-state index < -0.39 is 5.41 Å². The first-order chi connectivity index (χ1) is 12.6. The van der Waals surface area contributed by atoms with Gasteiger partial charge in [0.05, 0.1) is 20.2 Å². The summed E-state index contributed by atoms with van der Waals surface area (Å²) >= 11 is 0. The zero-order valence-electron chi connectivity index (χ0n) is 15.5. The molecular weight excluding hydrogens is 328 g/mol. The zero-order valence-corrected chi connectivity index (χ0v) is 15.5. The van der Waals surface area contributed by atoms with Crippen LogP contribution in [-0.4, -0.2) is 42.3 Å². The molecule has 6 rings (SSSR count). The van der Waals surface area contributed by atoms with Crippen molar-refractivity contribution in [3.63, 3.8) is 0 Å². The Morgan fingerprint density at radius 2 is 2.31 bits per heavy atom. The number of carbonyl (C=O) groups excluding carboxylic acids is 1. The van der Waals surface area contributed by atoms with Crippen LogP contribution in [0.15, 0.2) is 18.2 Å². The second-order valence-corrected chi connectivity index (χ2v) is 8.49. The number of aromatic hydroxyl groups is 1. The van der Waals surface area contributed by atoms with Gasteiger partial charge < -0.3 is 19.7 Å². The molecule has 5 atom stereocenters. The maximum atomic E-state index is 13.3. The van der Waals surface area contributed by atoms with Crippen molar-refractivity contribution >= 4 is 16.9 Å². The summed E-state index contributed by atoms with van der Waals surface area (Å²) in [6.45, 7) is 4.48. The molecule has 1 aromatic heterocycles. The fraction of sp³-hybridized carbons (Fsp3) is 0.571. The van der Waals surface area contributed by atoms with E-state index in [9.17, 15) is 9.90 Å². The first-order valence-electron chi connectivity index (χ1n) is 9.85. The minimum atomic E-state index is -0.577. The molecule has 4 heterocycles. The molecule has 4 bridgehead atoms. The number of quaternary nitrogens is 1. The summed E-state index contributed by atoms with van der Waals surface area (Å²) < 4.78 is 5.42. The maximum Gasteiger partial charge on any atom is 0.324 e. The highest BCUT2D eigenvalue weighted by Crippen LogP contribution is 2.50. The molecule has 1 aromatic carbocycles. The van der Waals surface area contributed by atoms with Crippen LogP contribution in [0.5, 0.6) is 5.75 Å². The molecule has 2 saturated heterocycles. The number of phenolic OH excluding ortho intramolecular Hbond substituents is 1. The Hall–Kier alpha value is -2.01. The van der Waals surface area contributed by atoms with Crippen LogP contribution >= 0.6 is 0 Å². The van der Waals surface area contributed by atoms with Gasteiger partial charge in [0.15, 0.2) is 5.41 Å². The molecule has 3 aliphatic heterocycles. The number of hydrogen-bond acceptors (Lipinski definition) is 3. The number of phenols is 1. The van der Waals surface area contributed by atoms with Crippen molar-refractivity contribution in [2.24, 2.45) is 11.8 Å². The van der Waals surface area contributed by atoms with Crippen molar-refractivity contribution in [2.75, 3.05) is 20.2 Å². The van der Waals surface area contributed by atoms with Crippen molar-refractivity contribution in [2.45, 2.75) is 44.1 Å². The summed E-state index contributed by atoms with van der Waals surface area (Å²) in [5, 5.41) is 11.1. The lowest BCUT2D eigenvalue weighted by Gasteiger charge is -2.54. The Balaban J connectivity index is 1.81. The zero-order chi connectivity index (χ0) is 18.1. The van der Waals surface area contributed by atoms with E-state index in [1.807, 2.05) is 12.1 Å². The molecule has 0 spiro atoms. The van der Waals surface area contributed by atoms with Gasteiger partial charge in [0.2, 0.25) is 0 Å². The lowest BCUT2D eigenvalue weighted by atomic mass is 9.56. The molecule has 5 heteroatoms. The SMILES string of the molecule is CC[C@H]1C[C@H]2C[NH+]3CCc4c([nH]c5ccc(O)cc45)[C@](C(=O)OC)(C2)[C@H]13. The van der Waals surface area contributed by atoms with Crippen LogP contribution in [0.1, 0.15) is 37.4 Å². The molecule has 0 amide bonds. The lowest BCUT2D eigenvalue weighted by Crippen LogP contribution is -3.21. The maximum absolute atomic E-state index is 13.3. The van der Waals surface area contributed by atoms with Crippen molar-refractivity contribution in [3.05, 3.63) is 29.5 Å². The van der Waals surface area contributed by atoms with E-state index in [0.29, 0.717) is 11.8 Å². The van der Waals surface area contributed by atoms with E-state index in [1.165, 1.54) is 25.6 Å². The van der Waals surface area contributed by atoms with E-state index in [2.05, 4.69) is 11.9 Å². The number of benzene rings is 1. The summed E-state index contributed by atoms with van der Waals surface area (Å²) in [6, 6.07) is 5.76. The highest BCUT2D eigenvalue weighted by Gasteiger charge is 2.65. The fourth-order valence-electron chi connectivity index (χ4n) is 6.54. The Kier molecular flexibility index (Phi) is 3.42. The molecule has 1 unspecified atom stereocenters. The van der Waals surface area contributed by atoms with Crippen LogP contribution < -0.4 is 4.90 Å². The minimum absolute atomic E-state index is 0.0817. The quantitative estimate of drug-likeness (QED) is 0.716. The third-order valence-electron chi connectivity index (χ3n) is 7.35. The van der Waals surface area contributed by atoms with Crippen molar-refractivity contribution in [1.29, 1.82) is 0 Å². The smallest absolute Gasteiger partial charge is 0.324 e. The lowest BCUT2D eigenvalue weighted by molar-refractivity contribution is -0.948. The van der Waals surface area contributed by atoms with Gasteiger partial charge in [0.25, 0.3) is 0 Å². The number of ether oxygens (including phenoxy) is 1.